The van der Waals surface area contributed by atoms with Gasteiger partial charge in [-0.05, 0) is 33.4 Å². The molecule has 4 unspecified atom stereocenters. The molecule has 0 N–H and O–H groups in total. The summed E-state index contributed by atoms with van der Waals surface area (Å²) >= 11 is 0. The molecule has 0 aromatic heterocycles. The van der Waals surface area contributed by atoms with E-state index in [1.807, 2.05) is 0 Å². The molecule has 0 saturated carbocycles. The van der Waals surface area contributed by atoms with E-state index in [1.165, 1.54) is 33.4 Å². The number of hydrogen-bond donors (Lipinski definition) is 0. The predicted octanol–water partition coefficient (Wildman–Crippen LogP) is 6.10. The van der Waals surface area contributed by atoms with E-state index in [-0.39, 0.29) is 0 Å². The Morgan fingerprint density at radius 1 is 0.448 bits per heavy atom. The molecule has 1 nitrogen and oxygen atoms in total. The molecule has 1 saturated heterocycles. The van der Waals surface area contributed by atoms with Crippen molar-refractivity contribution in [3.8, 4) is 0 Å². The zero-order chi connectivity index (χ0) is 19.1. The van der Waals surface area contributed by atoms with E-state index in [0.29, 0.717) is 11.8 Å². The first-order chi connectivity index (χ1) is 14.4. The van der Waals surface area contributed by atoms with Crippen LogP contribution in [0.3, 0.4) is 0 Å². The van der Waals surface area contributed by atoms with Gasteiger partial charge >= 0.3 is 0 Å². The summed E-state index contributed by atoms with van der Waals surface area (Å²) in [7, 11) is 0. The molecular weight excluding hydrogens is 352 g/mol. The van der Waals surface area contributed by atoms with Crippen molar-refractivity contribution in [1.82, 2.24) is 0 Å². The number of hydrogen-bond acceptors (Lipinski definition) is 1. The fourth-order valence-electron chi connectivity index (χ4n) is 6.36. The Morgan fingerprint density at radius 2 is 0.828 bits per heavy atom. The van der Waals surface area contributed by atoms with Crippen molar-refractivity contribution in [3.63, 3.8) is 0 Å². The number of ether oxygens (including phenoxy) is 1. The highest BCUT2D eigenvalue weighted by molar-refractivity contribution is 5.68. The smallest absolute Gasteiger partial charge is 0.128 e. The van der Waals surface area contributed by atoms with Gasteiger partial charge in [0.05, 0.1) is 0 Å². The van der Waals surface area contributed by atoms with Crippen molar-refractivity contribution >= 4 is 0 Å². The SMILES string of the molecule is c1ccc(C23OC(c4ccccc4)(c4ccccc42)C2c4ccccc4C23)cc1. The van der Waals surface area contributed by atoms with Gasteiger partial charge < -0.3 is 4.74 Å². The van der Waals surface area contributed by atoms with Crippen LogP contribution in [0.25, 0.3) is 0 Å². The van der Waals surface area contributed by atoms with Gasteiger partial charge in [-0.15, -0.1) is 0 Å². The maximum absolute atomic E-state index is 7.36. The molecule has 29 heavy (non-hydrogen) atoms. The first-order valence-corrected chi connectivity index (χ1v) is 10.4. The lowest BCUT2D eigenvalue weighted by atomic mass is 9.50. The van der Waals surface area contributed by atoms with Crippen molar-refractivity contribution in [2.24, 2.45) is 0 Å². The maximum Gasteiger partial charge on any atom is 0.128 e. The molecule has 1 heteroatoms. The molecule has 4 aromatic carbocycles. The van der Waals surface area contributed by atoms with Crippen LogP contribution in [0, 0.1) is 0 Å². The molecule has 0 amide bonds. The lowest BCUT2D eigenvalue weighted by molar-refractivity contribution is -0.0452. The highest BCUT2D eigenvalue weighted by Gasteiger charge is 2.75. The second-order valence-electron chi connectivity index (χ2n) is 8.44. The molecule has 0 spiro atoms. The lowest BCUT2D eigenvalue weighted by Gasteiger charge is -2.49. The summed E-state index contributed by atoms with van der Waals surface area (Å²) in [5, 5.41) is 0. The highest BCUT2D eigenvalue weighted by Crippen LogP contribution is 2.78. The fraction of sp³-hybridized carbons (Fsp3) is 0.143. The maximum atomic E-state index is 7.36. The summed E-state index contributed by atoms with van der Waals surface area (Å²) in [5.74, 6) is 0.660. The first-order valence-electron chi connectivity index (χ1n) is 10.4. The summed E-state index contributed by atoms with van der Waals surface area (Å²) in [4.78, 5) is 0. The van der Waals surface area contributed by atoms with Gasteiger partial charge in [-0.2, -0.15) is 0 Å². The molecule has 2 bridgehead atoms. The van der Waals surface area contributed by atoms with E-state index in [4.69, 9.17) is 4.74 Å². The summed E-state index contributed by atoms with van der Waals surface area (Å²) in [5.41, 5.74) is 7.16. The molecular formula is C28H20O. The molecule has 4 atom stereocenters. The van der Waals surface area contributed by atoms with Gasteiger partial charge in [-0.1, -0.05) is 109 Å². The highest BCUT2D eigenvalue weighted by atomic mass is 16.5. The Bertz CT molecular complexity index is 1150. The minimum absolute atomic E-state index is 0.330. The third kappa shape index (κ3) is 1.64. The summed E-state index contributed by atoms with van der Waals surface area (Å²) in [6.45, 7) is 0. The van der Waals surface area contributed by atoms with Crippen molar-refractivity contribution in [1.29, 1.82) is 0 Å². The Hall–Kier alpha value is -3.16. The van der Waals surface area contributed by atoms with Crippen LogP contribution in [0.1, 0.15) is 45.2 Å². The summed E-state index contributed by atoms with van der Waals surface area (Å²) in [6.07, 6.45) is 0. The van der Waals surface area contributed by atoms with E-state index in [9.17, 15) is 0 Å². The zero-order valence-electron chi connectivity index (χ0n) is 16.0. The topological polar surface area (TPSA) is 9.23 Å². The normalized spacial score (nSPS) is 30.2. The van der Waals surface area contributed by atoms with Gasteiger partial charge in [0.25, 0.3) is 0 Å². The van der Waals surface area contributed by atoms with Gasteiger partial charge in [-0.25, -0.2) is 0 Å². The van der Waals surface area contributed by atoms with Crippen LogP contribution in [-0.4, -0.2) is 0 Å². The van der Waals surface area contributed by atoms with Gasteiger partial charge in [0.2, 0.25) is 0 Å². The van der Waals surface area contributed by atoms with Crippen LogP contribution in [0.2, 0.25) is 0 Å². The Labute approximate surface area is 170 Å². The average Bonchev–Trinajstić information content (AvgIpc) is 3.24. The molecule has 1 aliphatic carbocycles. The predicted molar refractivity (Wildman–Crippen MR) is 114 cm³/mol. The lowest BCUT2D eigenvalue weighted by Crippen LogP contribution is -2.44. The quantitative estimate of drug-likeness (QED) is 0.413. The third-order valence-electron chi connectivity index (χ3n) is 7.33. The summed E-state index contributed by atoms with van der Waals surface area (Å²) in [6, 6.07) is 39.5. The molecule has 0 radical (unpaired) electrons. The molecule has 2 heterocycles. The average molecular weight is 372 g/mol. The van der Waals surface area contributed by atoms with Crippen LogP contribution in [0.4, 0.5) is 0 Å². The zero-order valence-corrected chi connectivity index (χ0v) is 16.0. The second kappa shape index (κ2) is 5.25. The third-order valence-corrected chi connectivity index (χ3v) is 7.33. The largest absolute Gasteiger partial charge is 0.348 e. The number of rotatable bonds is 2. The Morgan fingerprint density at radius 3 is 1.28 bits per heavy atom. The minimum atomic E-state index is -0.438. The second-order valence-corrected chi connectivity index (χ2v) is 8.44. The molecule has 4 aromatic rings. The first kappa shape index (κ1) is 15.7. The van der Waals surface area contributed by atoms with Crippen molar-refractivity contribution < 1.29 is 4.74 Å². The van der Waals surface area contributed by atoms with E-state index in [0.717, 1.165) is 0 Å². The van der Waals surface area contributed by atoms with Gasteiger partial charge in [-0.3, -0.25) is 0 Å². The van der Waals surface area contributed by atoms with Gasteiger partial charge in [0.15, 0.2) is 0 Å². The van der Waals surface area contributed by atoms with Gasteiger partial charge in [0.1, 0.15) is 11.2 Å². The van der Waals surface area contributed by atoms with Crippen LogP contribution in [0.15, 0.2) is 109 Å². The van der Waals surface area contributed by atoms with Gasteiger partial charge in [0, 0.05) is 11.8 Å². The van der Waals surface area contributed by atoms with E-state index in [1.54, 1.807) is 0 Å². The number of fused-ring (bicyclic) bond motifs is 11. The standard InChI is InChI=1S/C28H20O/c1-3-11-19(12-4-1)27-23-17-9-10-18-24(23)28(29-27,20-13-5-2-6-14-20)26-22-16-8-7-15-21(22)25(26)27/h1-18,25-26H. The van der Waals surface area contributed by atoms with Crippen molar-refractivity contribution in [2.45, 2.75) is 23.0 Å². The molecule has 2 aliphatic heterocycles. The molecule has 138 valence electrons. The van der Waals surface area contributed by atoms with E-state index >= 15 is 0 Å². The molecule has 7 rings (SSSR count). The van der Waals surface area contributed by atoms with Crippen LogP contribution < -0.4 is 0 Å². The van der Waals surface area contributed by atoms with E-state index in [2.05, 4.69) is 109 Å². The monoisotopic (exact) mass is 372 g/mol. The van der Waals surface area contributed by atoms with E-state index < -0.39 is 11.2 Å². The van der Waals surface area contributed by atoms with Crippen molar-refractivity contribution in [3.05, 3.63) is 143 Å². The fourth-order valence-corrected chi connectivity index (χ4v) is 6.36. The minimum Gasteiger partial charge on any atom is -0.348 e. The number of benzene rings is 4. The summed E-state index contributed by atoms with van der Waals surface area (Å²) < 4.78 is 7.36. The molecule has 3 aliphatic rings. The Kier molecular flexibility index (Phi) is 2.85. The van der Waals surface area contributed by atoms with Crippen LogP contribution in [-0.2, 0) is 15.9 Å². The Balaban J connectivity index is 1.62. The van der Waals surface area contributed by atoms with Crippen LogP contribution in [0.5, 0.6) is 0 Å². The van der Waals surface area contributed by atoms with Crippen LogP contribution >= 0.6 is 0 Å². The van der Waals surface area contributed by atoms with Crippen molar-refractivity contribution in [2.75, 3.05) is 0 Å². The molecule has 1 fully saturated rings.